The Kier molecular flexibility index (Phi) is 5.03. The lowest BCUT2D eigenvalue weighted by atomic mass is 10.2. The predicted octanol–water partition coefficient (Wildman–Crippen LogP) is 0.0392. The van der Waals surface area contributed by atoms with Crippen LogP contribution in [0, 0.1) is 0 Å². The van der Waals surface area contributed by atoms with Gasteiger partial charge in [0.25, 0.3) is 0 Å². The molecule has 12 heavy (non-hydrogen) atoms. The van der Waals surface area contributed by atoms with Crippen LogP contribution in [0.15, 0.2) is 0 Å². The van der Waals surface area contributed by atoms with Gasteiger partial charge in [-0.3, -0.25) is 4.79 Å². The number of carboxylic acid groups (broad SMARTS) is 1. The highest BCUT2D eigenvalue weighted by Gasteiger charge is 2.21. The van der Waals surface area contributed by atoms with Crippen LogP contribution in [0.3, 0.4) is 0 Å². The number of rotatable bonds is 5. The molecule has 0 saturated heterocycles. The van der Waals surface area contributed by atoms with Crippen molar-refractivity contribution in [3.8, 4) is 0 Å². The van der Waals surface area contributed by atoms with E-state index in [1.54, 1.807) is 6.92 Å². The van der Waals surface area contributed by atoms with Crippen LogP contribution in [-0.2, 0) is 19.1 Å². The summed E-state index contributed by atoms with van der Waals surface area (Å²) in [4.78, 5) is 21.1. The topological polar surface area (TPSA) is 72.8 Å². The van der Waals surface area contributed by atoms with Gasteiger partial charge in [-0.1, -0.05) is 0 Å². The van der Waals surface area contributed by atoms with Gasteiger partial charge in [0.05, 0.1) is 13.0 Å². The van der Waals surface area contributed by atoms with Gasteiger partial charge < -0.3 is 14.6 Å². The van der Waals surface area contributed by atoms with E-state index in [1.807, 2.05) is 0 Å². The number of carbonyl (C=O) groups is 2. The number of hydrogen-bond donors (Lipinski definition) is 1. The Morgan fingerprint density at radius 3 is 2.42 bits per heavy atom. The quantitative estimate of drug-likeness (QED) is 0.598. The first-order valence-electron chi connectivity index (χ1n) is 3.53. The van der Waals surface area contributed by atoms with Crippen LogP contribution in [0.1, 0.15) is 13.3 Å². The zero-order valence-corrected chi connectivity index (χ0v) is 7.07. The van der Waals surface area contributed by atoms with Crippen LogP contribution in [0.4, 0.5) is 0 Å². The average Bonchev–Trinajstić information content (AvgIpc) is 2.00. The van der Waals surface area contributed by atoms with Crippen molar-refractivity contribution in [3.05, 3.63) is 0 Å². The van der Waals surface area contributed by atoms with Gasteiger partial charge in [-0.15, -0.1) is 0 Å². The molecule has 5 nitrogen and oxygen atoms in total. The summed E-state index contributed by atoms with van der Waals surface area (Å²) in [5.74, 6) is -1.72. The zero-order chi connectivity index (χ0) is 9.56. The van der Waals surface area contributed by atoms with Crippen molar-refractivity contribution in [2.75, 3.05) is 13.7 Å². The molecule has 0 bridgehead atoms. The SMILES string of the molecule is CCOC(=O)C(CC(=O)O)OC. The molecule has 5 heteroatoms. The lowest BCUT2D eigenvalue weighted by molar-refractivity contribution is -0.159. The summed E-state index contributed by atoms with van der Waals surface area (Å²) >= 11 is 0. The zero-order valence-electron chi connectivity index (χ0n) is 7.07. The fraction of sp³-hybridized carbons (Fsp3) is 0.714. The average molecular weight is 176 g/mol. The molecule has 0 aliphatic rings. The molecule has 0 amide bonds. The molecule has 0 radical (unpaired) electrons. The van der Waals surface area contributed by atoms with Crippen LogP contribution in [0.2, 0.25) is 0 Å². The van der Waals surface area contributed by atoms with Crippen molar-refractivity contribution in [2.45, 2.75) is 19.4 Å². The molecule has 0 aliphatic heterocycles. The molecule has 0 fully saturated rings. The van der Waals surface area contributed by atoms with Gasteiger partial charge in [0, 0.05) is 7.11 Å². The lowest BCUT2D eigenvalue weighted by Gasteiger charge is -2.10. The first-order chi connectivity index (χ1) is 5.61. The molecule has 0 heterocycles. The first kappa shape index (κ1) is 10.9. The van der Waals surface area contributed by atoms with Gasteiger partial charge in [-0.25, -0.2) is 4.79 Å². The Labute approximate surface area is 70.3 Å². The number of esters is 1. The number of carbonyl (C=O) groups excluding carboxylic acids is 1. The molecule has 0 aromatic heterocycles. The highest BCUT2D eigenvalue weighted by atomic mass is 16.6. The first-order valence-corrected chi connectivity index (χ1v) is 3.53. The second-order valence-corrected chi connectivity index (χ2v) is 2.07. The van der Waals surface area contributed by atoms with E-state index in [-0.39, 0.29) is 13.0 Å². The molecule has 0 aromatic carbocycles. The van der Waals surface area contributed by atoms with Gasteiger partial charge in [0.15, 0.2) is 6.10 Å². The Hall–Kier alpha value is -1.10. The Balaban J connectivity index is 3.96. The lowest BCUT2D eigenvalue weighted by Crippen LogP contribution is -2.28. The fourth-order valence-electron chi connectivity index (χ4n) is 0.657. The van der Waals surface area contributed by atoms with E-state index < -0.39 is 18.0 Å². The monoisotopic (exact) mass is 176 g/mol. The summed E-state index contributed by atoms with van der Waals surface area (Å²) in [6.45, 7) is 1.86. The number of carboxylic acids is 1. The molecule has 0 rings (SSSR count). The largest absolute Gasteiger partial charge is 0.481 e. The maximum Gasteiger partial charge on any atom is 0.335 e. The van der Waals surface area contributed by atoms with E-state index in [0.29, 0.717) is 0 Å². The fourth-order valence-corrected chi connectivity index (χ4v) is 0.657. The summed E-state index contributed by atoms with van der Waals surface area (Å²) < 4.78 is 9.19. The van der Waals surface area contributed by atoms with Gasteiger partial charge >= 0.3 is 11.9 Å². The van der Waals surface area contributed by atoms with Crippen molar-refractivity contribution < 1.29 is 24.2 Å². The second kappa shape index (κ2) is 5.54. The third-order valence-corrected chi connectivity index (χ3v) is 1.19. The van der Waals surface area contributed by atoms with Gasteiger partial charge in [-0.05, 0) is 6.92 Å². The highest BCUT2D eigenvalue weighted by molar-refractivity contribution is 5.80. The van der Waals surface area contributed by atoms with Crippen molar-refractivity contribution in [3.63, 3.8) is 0 Å². The van der Waals surface area contributed by atoms with Gasteiger partial charge in [0.1, 0.15) is 0 Å². The number of methoxy groups -OCH3 is 1. The standard InChI is InChI=1S/C7H12O5/c1-3-12-7(10)5(11-2)4-6(8)9/h5H,3-4H2,1-2H3,(H,8,9). The summed E-state index contributed by atoms with van der Waals surface area (Å²) in [5, 5.41) is 8.34. The normalized spacial score (nSPS) is 12.2. The van der Waals surface area contributed by atoms with Crippen LogP contribution in [-0.4, -0.2) is 36.9 Å². The van der Waals surface area contributed by atoms with Crippen molar-refractivity contribution in [2.24, 2.45) is 0 Å². The van der Waals surface area contributed by atoms with Crippen molar-refractivity contribution in [1.29, 1.82) is 0 Å². The smallest absolute Gasteiger partial charge is 0.335 e. The summed E-state index contributed by atoms with van der Waals surface area (Å²) in [7, 11) is 1.27. The van der Waals surface area contributed by atoms with Crippen LogP contribution >= 0.6 is 0 Å². The van der Waals surface area contributed by atoms with Crippen LogP contribution in [0.25, 0.3) is 0 Å². The number of ether oxygens (including phenoxy) is 2. The number of aliphatic carboxylic acids is 1. The number of hydrogen-bond acceptors (Lipinski definition) is 4. The Bertz CT molecular complexity index is 165. The van der Waals surface area contributed by atoms with E-state index in [4.69, 9.17) is 5.11 Å². The molecule has 1 atom stereocenters. The van der Waals surface area contributed by atoms with E-state index in [2.05, 4.69) is 9.47 Å². The minimum atomic E-state index is -1.09. The van der Waals surface area contributed by atoms with E-state index in [9.17, 15) is 9.59 Å². The molecular formula is C7H12O5. The van der Waals surface area contributed by atoms with Crippen LogP contribution < -0.4 is 0 Å². The minimum Gasteiger partial charge on any atom is -0.481 e. The summed E-state index contributed by atoms with van der Waals surface area (Å²) in [6, 6.07) is 0. The van der Waals surface area contributed by atoms with Gasteiger partial charge in [-0.2, -0.15) is 0 Å². The Morgan fingerprint density at radius 1 is 1.50 bits per heavy atom. The summed E-state index contributed by atoms with van der Waals surface area (Å²) in [6.07, 6.45) is -1.36. The predicted molar refractivity (Wildman–Crippen MR) is 39.7 cm³/mol. The van der Waals surface area contributed by atoms with E-state index in [1.165, 1.54) is 7.11 Å². The van der Waals surface area contributed by atoms with E-state index >= 15 is 0 Å². The maximum absolute atomic E-state index is 10.9. The van der Waals surface area contributed by atoms with Crippen molar-refractivity contribution >= 4 is 11.9 Å². The van der Waals surface area contributed by atoms with E-state index in [0.717, 1.165) is 0 Å². The summed E-state index contributed by atoms with van der Waals surface area (Å²) in [5.41, 5.74) is 0. The molecule has 0 spiro atoms. The molecular weight excluding hydrogens is 164 g/mol. The Morgan fingerprint density at radius 2 is 2.08 bits per heavy atom. The molecule has 70 valence electrons. The minimum absolute atomic E-state index is 0.221. The maximum atomic E-state index is 10.9. The molecule has 1 unspecified atom stereocenters. The second-order valence-electron chi connectivity index (χ2n) is 2.07. The molecule has 0 saturated carbocycles. The third kappa shape index (κ3) is 3.92. The molecule has 0 aliphatic carbocycles. The van der Waals surface area contributed by atoms with Gasteiger partial charge in [0.2, 0.25) is 0 Å². The van der Waals surface area contributed by atoms with Crippen LogP contribution in [0.5, 0.6) is 0 Å². The molecule has 0 aromatic rings. The highest BCUT2D eigenvalue weighted by Crippen LogP contribution is 1.99. The third-order valence-electron chi connectivity index (χ3n) is 1.19. The molecule has 1 N–H and O–H groups in total. The van der Waals surface area contributed by atoms with Crippen molar-refractivity contribution in [1.82, 2.24) is 0 Å².